The molecule has 4 rings (SSSR count). The minimum absolute atomic E-state index is 0.0243. The molecule has 0 saturated heterocycles. The fourth-order valence-corrected chi connectivity index (χ4v) is 4.44. The largest absolute Gasteiger partial charge is 0.331 e. The average Bonchev–Trinajstić information content (AvgIpc) is 3.25. The molecule has 1 aliphatic heterocycles. The van der Waals surface area contributed by atoms with Crippen molar-refractivity contribution >= 4 is 29.1 Å². The standard InChI is InChI=1S/C25H26ClN3O2/c1-4-23(30)28(17(2)3)16-24(31)29-21-12-6-5-11-20(21)27-14-8-13-22(27)25(29)18-9-7-10-19(26)15-18/h5-15,17,25H,4,16H2,1-3H3. The van der Waals surface area contributed by atoms with Crippen molar-refractivity contribution in [1.82, 2.24) is 9.47 Å². The Balaban J connectivity index is 1.84. The number of nitrogens with zero attached hydrogens (tertiary/aromatic N) is 3. The van der Waals surface area contributed by atoms with Crippen molar-refractivity contribution in [2.45, 2.75) is 39.3 Å². The van der Waals surface area contributed by atoms with Gasteiger partial charge in [-0.2, -0.15) is 0 Å². The lowest BCUT2D eigenvalue weighted by Crippen LogP contribution is -2.48. The van der Waals surface area contributed by atoms with E-state index in [1.54, 1.807) is 4.90 Å². The molecule has 0 fully saturated rings. The number of anilines is 1. The highest BCUT2D eigenvalue weighted by Crippen LogP contribution is 2.42. The van der Waals surface area contributed by atoms with Crippen LogP contribution in [-0.4, -0.2) is 33.9 Å². The topological polar surface area (TPSA) is 45.6 Å². The van der Waals surface area contributed by atoms with Crippen molar-refractivity contribution in [3.05, 3.63) is 83.1 Å². The van der Waals surface area contributed by atoms with Crippen LogP contribution in [0.4, 0.5) is 5.69 Å². The first kappa shape index (κ1) is 21.2. The van der Waals surface area contributed by atoms with Gasteiger partial charge in [0.25, 0.3) is 0 Å². The first-order valence-electron chi connectivity index (χ1n) is 10.6. The molecule has 1 aliphatic rings. The van der Waals surface area contributed by atoms with Gasteiger partial charge in [0.1, 0.15) is 12.6 Å². The van der Waals surface area contributed by atoms with E-state index in [2.05, 4.69) is 4.57 Å². The van der Waals surface area contributed by atoms with Gasteiger partial charge in [0.2, 0.25) is 11.8 Å². The van der Waals surface area contributed by atoms with Crippen LogP contribution in [0.15, 0.2) is 66.9 Å². The van der Waals surface area contributed by atoms with E-state index in [-0.39, 0.29) is 30.4 Å². The van der Waals surface area contributed by atoms with Crippen LogP contribution in [0.2, 0.25) is 5.02 Å². The number of hydrogen-bond donors (Lipinski definition) is 0. The van der Waals surface area contributed by atoms with E-state index in [0.717, 1.165) is 22.6 Å². The minimum atomic E-state index is -0.346. The molecule has 0 N–H and O–H groups in total. The lowest BCUT2D eigenvalue weighted by Gasteiger charge is -2.40. The summed E-state index contributed by atoms with van der Waals surface area (Å²) >= 11 is 6.32. The van der Waals surface area contributed by atoms with Crippen molar-refractivity contribution in [3.8, 4) is 5.69 Å². The summed E-state index contributed by atoms with van der Waals surface area (Å²) in [6, 6.07) is 19.1. The van der Waals surface area contributed by atoms with Crippen LogP contribution >= 0.6 is 11.6 Å². The molecule has 1 atom stereocenters. The van der Waals surface area contributed by atoms with Gasteiger partial charge in [-0.15, -0.1) is 0 Å². The van der Waals surface area contributed by atoms with Gasteiger partial charge in [0.05, 0.1) is 17.1 Å². The molecule has 2 amide bonds. The zero-order chi connectivity index (χ0) is 22.1. The van der Waals surface area contributed by atoms with Crippen LogP contribution in [0.5, 0.6) is 0 Å². The molecule has 5 nitrogen and oxygen atoms in total. The smallest absolute Gasteiger partial charge is 0.247 e. The van der Waals surface area contributed by atoms with Gasteiger partial charge in [-0.1, -0.05) is 42.8 Å². The van der Waals surface area contributed by atoms with E-state index in [4.69, 9.17) is 11.6 Å². The molecule has 3 aromatic rings. The van der Waals surface area contributed by atoms with E-state index >= 15 is 0 Å². The number of rotatable bonds is 5. The Morgan fingerprint density at radius 3 is 2.45 bits per heavy atom. The summed E-state index contributed by atoms with van der Waals surface area (Å²) in [6.07, 6.45) is 2.37. The maximum Gasteiger partial charge on any atom is 0.247 e. The predicted octanol–water partition coefficient (Wildman–Crippen LogP) is 5.21. The molecule has 0 aliphatic carbocycles. The summed E-state index contributed by atoms with van der Waals surface area (Å²) in [7, 11) is 0. The number of aromatic nitrogens is 1. The van der Waals surface area contributed by atoms with E-state index in [1.807, 2.05) is 92.5 Å². The van der Waals surface area contributed by atoms with E-state index in [9.17, 15) is 9.59 Å². The molecular weight excluding hydrogens is 410 g/mol. The Morgan fingerprint density at radius 1 is 1.03 bits per heavy atom. The van der Waals surface area contributed by atoms with Crippen LogP contribution < -0.4 is 4.90 Å². The van der Waals surface area contributed by atoms with Gasteiger partial charge < -0.3 is 9.47 Å². The highest BCUT2D eigenvalue weighted by Gasteiger charge is 2.37. The number of fused-ring (bicyclic) bond motifs is 3. The molecule has 160 valence electrons. The zero-order valence-electron chi connectivity index (χ0n) is 18.0. The van der Waals surface area contributed by atoms with E-state index in [1.165, 1.54) is 0 Å². The van der Waals surface area contributed by atoms with Crippen LogP contribution in [0, 0.1) is 0 Å². The van der Waals surface area contributed by atoms with Gasteiger partial charge in [0, 0.05) is 23.7 Å². The first-order valence-corrected chi connectivity index (χ1v) is 10.9. The second kappa shape index (κ2) is 8.60. The van der Waals surface area contributed by atoms with E-state index in [0.29, 0.717) is 11.4 Å². The lowest BCUT2D eigenvalue weighted by molar-refractivity contribution is -0.136. The average molecular weight is 436 g/mol. The number of carbonyl (C=O) groups excluding carboxylic acids is 2. The molecule has 6 heteroatoms. The fourth-order valence-electron chi connectivity index (χ4n) is 4.24. The van der Waals surface area contributed by atoms with Gasteiger partial charge >= 0.3 is 0 Å². The molecule has 2 heterocycles. The number of benzene rings is 2. The Bertz CT molecular complexity index is 1120. The third-order valence-electron chi connectivity index (χ3n) is 5.70. The molecule has 2 aromatic carbocycles. The number of halogens is 1. The normalized spacial score (nSPS) is 14.9. The summed E-state index contributed by atoms with van der Waals surface area (Å²) in [4.78, 5) is 29.8. The second-order valence-electron chi connectivity index (χ2n) is 7.98. The summed E-state index contributed by atoms with van der Waals surface area (Å²) in [5, 5.41) is 0.617. The molecule has 31 heavy (non-hydrogen) atoms. The van der Waals surface area contributed by atoms with Crippen molar-refractivity contribution < 1.29 is 9.59 Å². The van der Waals surface area contributed by atoms with Gasteiger partial charge in [-0.3, -0.25) is 14.5 Å². The third kappa shape index (κ3) is 3.86. The number of carbonyl (C=O) groups is 2. The highest BCUT2D eigenvalue weighted by atomic mass is 35.5. The zero-order valence-corrected chi connectivity index (χ0v) is 18.7. The van der Waals surface area contributed by atoms with Crippen molar-refractivity contribution in [2.75, 3.05) is 11.4 Å². The van der Waals surface area contributed by atoms with Gasteiger partial charge in [-0.25, -0.2) is 0 Å². The first-order chi connectivity index (χ1) is 14.9. The fraction of sp³-hybridized carbons (Fsp3) is 0.280. The molecule has 0 radical (unpaired) electrons. The number of para-hydroxylation sites is 2. The SMILES string of the molecule is CCC(=O)N(CC(=O)N1c2ccccc2-n2cccc2C1c1cccc(Cl)c1)C(C)C. The van der Waals surface area contributed by atoms with Crippen molar-refractivity contribution in [1.29, 1.82) is 0 Å². The summed E-state index contributed by atoms with van der Waals surface area (Å²) in [6.45, 7) is 5.71. The quantitative estimate of drug-likeness (QED) is 0.552. The van der Waals surface area contributed by atoms with Crippen molar-refractivity contribution in [2.24, 2.45) is 0 Å². The number of amides is 2. The van der Waals surface area contributed by atoms with E-state index < -0.39 is 0 Å². The minimum Gasteiger partial charge on any atom is -0.331 e. The molecular formula is C25H26ClN3O2. The van der Waals surface area contributed by atoms with Gasteiger partial charge in [-0.05, 0) is 55.8 Å². The molecule has 1 aromatic heterocycles. The summed E-state index contributed by atoms with van der Waals surface area (Å²) < 4.78 is 2.11. The summed E-state index contributed by atoms with van der Waals surface area (Å²) in [5.41, 5.74) is 3.65. The molecule has 0 bridgehead atoms. The maximum absolute atomic E-state index is 13.8. The van der Waals surface area contributed by atoms with Crippen LogP contribution in [0.3, 0.4) is 0 Å². The number of hydrogen-bond acceptors (Lipinski definition) is 2. The maximum atomic E-state index is 13.8. The second-order valence-corrected chi connectivity index (χ2v) is 8.42. The van der Waals surface area contributed by atoms with Crippen LogP contribution in [-0.2, 0) is 9.59 Å². The molecule has 0 spiro atoms. The van der Waals surface area contributed by atoms with Crippen LogP contribution in [0.1, 0.15) is 44.5 Å². The monoisotopic (exact) mass is 435 g/mol. The lowest BCUT2D eigenvalue weighted by atomic mass is 9.97. The van der Waals surface area contributed by atoms with Crippen LogP contribution in [0.25, 0.3) is 5.69 Å². The molecule has 0 saturated carbocycles. The Morgan fingerprint density at radius 2 is 1.77 bits per heavy atom. The Kier molecular flexibility index (Phi) is 5.88. The molecule has 1 unspecified atom stereocenters. The summed E-state index contributed by atoms with van der Waals surface area (Å²) in [5.74, 6) is -0.156. The highest BCUT2D eigenvalue weighted by molar-refractivity contribution is 6.30. The Hall–Kier alpha value is -3.05. The third-order valence-corrected chi connectivity index (χ3v) is 5.94. The van der Waals surface area contributed by atoms with Crippen molar-refractivity contribution in [3.63, 3.8) is 0 Å². The van der Waals surface area contributed by atoms with Gasteiger partial charge in [0.15, 0.2) is 0 Å². The Labute approximate surface area is 187 Å². The predicted molar refractivity (Wildman–Crippen MR) is 124 cm³/mol.